The molecule has 0 amide bonds. The van der Waals surface area contributed by atoms with Gasteiger partial charge in [-0.1, -0.05) is 12.1 Å². The first kappa shape index (κ1) is 16.2. The van der Waals surface area contributed by atoms with Crippen LogP contribution in [0.2, 0.25) is 0 Å². The lowest BCUT2D eigenvalue weighted by Gasteiger charge is -2.29. The number of hydrogen-bond donors (Lipinski definition) is 2. The first-order chi connectivity index (χ1) is 10.1. The van der Waals surface area contributed by atoms with Crippen molar-refractivity contribution in [3.63, 3.8) is 0 Å². The smallest absolute Gasteiger partial charge is 0.165 e. The van der Waals surface area contributed by atoms with Gasteiger partial charge >= 0.3 is 0 Å². The van der Waals surface area contributed by atoms with E-state index in [1.54, 1.807) is 18.2 Å². The van der Waals surface area contributed by atoms with Gasteiger partial charge in [0.1, 0.15) is 12.7 Å². The number of nitrogens with zero attached hydrogens (tertiary/aromatic N) is 1. The molecule has 5 heteroatoms. The minimum absolute atomic E-state index is 0.0985. The van der Waals surface area contributed by atoms with Crippen molar-refractivity contribution in [3.8, 4) is 5.75 Å². The number of benzene rings is 1. The van der Waals surface area contributed by atoms with Gasteiger partial charge in [-0.05, 0) is 57.6 Å². The second kappa shape index (κ2) is 8.32. The maximum atomic E-state index is 13.3. The highest BCUT2D eigenvalue weighted by Crippen LogP contribution is 2.16. The van der Waals surface area contributed by atoms with Crippen LogP contribution in [0.4, 0.5) is 4.39 Å². The molecule has 0 aliphatic carbocycles. The highest BCUT2D eigenvalue weighted by molar-refractivity contribution is 5.23. The van der Waals surface area contributed by atoms with Crippen LogP contribution >= 0.6 is 0 Å². The minimum Gasteiger partial charge on any atom is -0.488 e. The Morgan fingerprint density at radius 3 is 2.81 bits per heavy atom. The third-order valence-corrected chi connectivity index (χ3v) is 3.92. The summed E-state index contributed by atoms with van der Waals surface area (Å²) in [6.45, 7) is 3.78. The predicted molar refractivity (Wildman–Crippen MR) is 81.0 cm³/mol. The van der Waals surface area contributed by atoms with Crippen LogP contribution in [0.15, 0.2) is 24.3 Å². The van der Waals surface area contributed by atoms with E-state index in [2.05, 4.69) is 17.3 Å². The van der Waals surface area contributed by atoms with Crippen LogP contribution in [-0.2, 0) is 0 Å². The summed E-state index contributed by atoms with van der Waals surface area (Å²) >= 11 is 0. The van der Waals surface area contributed by atoms with Crippen LogP contribution in [0.5, 0.6) is 5.75 Å². The van der Waals surface area contributed by atoms with Crippen molar-refractivity contribution in [2.24, 2.45) is 5.92 Å². The molecule has 0 aromatic heterocycles. The van der Waals surface area contributed by atoms with Crippen LogP contribution in [0.1, 0.15) is 12.8 Å². The van der Waals surface area contributed by atoms with Crippen LogP contribution in [0, 0.1) is 11.7 Å². The van der Waals surface area contributed by atoms with E-state index in [1.807, 2.05) is 0 Å². The largest absolute Gasteiger partial charge is 0.488 e. The summed E-state index contributed by atoms with van der Waals surface area (Å²) in [7, 11) is 2.15. The second-order valence-corrected chi connectivity index (χ2v) is 5.80. The Kier molecular flexibility index (Phi) is 6.42. The number of rotatable bonds is 7. The SMILES string of the molecule is CN1CCC(CNCC(O)COc2ccccc2F)CC1. The van der Waals surface area contributed by atoms with E-state index < -0.39 is 11.9 Å². The molecular weight excluding hydrogens is 271 g/mol. The van der Waals surface area contributed by atoms with Crippen LogP contribution in [0.25, 0.3) is 0 Å². The topological polar surface area (TPSA) is 44.7 Å². The summed E-state index contributed by atoms with van der Waals surface area (Å²) in [5, 5.41) is 13.1. The second-order valence-electron chi connectivity index (χ2n) is 5.80. The molecule has 2 N–H and O–H groups in total. The molecule has 1 aliphatic rings. The van der Waals surface area contributed by atoms with Gasteiger partial charge in [0.05, 0.1) is 0 Å². The van der Waals surface area contributed by atoms with Crippen molar-refractivity contribution < 1.29 is 14.2 Å². The van der Waals surface area contributed by atoms with Gasteiger partial charge in [-0.25, -0.2) is 4.39 Å². The van der Waals surface area contributed by atoms with E-state index in [0.717, 1.165) is 19.6 Å². The summed E-state index contributed by atoms with van der Waals surface area (Å²) in [6.07, 6.45) is 1.77. The number of aliphatic hydroxyl groups excluding tert-OH is 1. The van der Waals surface area contributed by atoms with E-state index >= 15 is 0 Å². The van der Waals surface area contributed by atoms with Crippen molar-refractivity contribution in [2.75, 3.05) is 39.8 Å². The van der Waals surface area contributed by atoms with Crippen molar-refractivity contribution in [1.29, 1.82) is 0 Å². The quantitative estimate of drug-likeness (QED) is 0.800. The Bertz CT molecular complexity index is 422. The third kappa shape index (κ3) is 5.61. The van der Waals surface area contributed by atoms with Gasteiger partial charge in [-0.2, -0.15) is 0 Å². The lowest BCUT2D eigenvalue weighted by molar-refractivity contribution is 0.102. The molecule has 4 nitrogen and oxygen atoms in total. The van der Waals surface area contributed by atoms with E-state index in [9.17, 15) is 9.50 Å². The first-order valence-electron chi connectivity index (χ1n) is 7.60. The zero-order valence-corrected chi connectivity index (χ0v) is 12.6. The average Bonchev–Trinajstić information content (AvgIpc) is 2.48. The summed E-state index contributed by atoms with van der Waals surface area (Å²) in [5.74, 6) is 0.469. The molecule has 0 bridgehead atoms. The Morgan fingerprint density at radius 2 is 2.10 bits per heavy atom. The van der Waals surface area contributed by atoms with E-state index in [-0.39, 0.29) is 12.4 Å². The first-order valence-corrected chi connectivity index (χ1v) is 7.60. The zero-order chi connectivity index (χ0) is 15.1. The highest BCUT2D eigenvalue weighted by atomic mass is 19.1. The summed E-state index contributed by atoms with van der Waals surface area (Å²) in [5.41, 5.74) is 0. The number of para-hydroxylation sites is 1. The number of likely N-dealkylation sites (tertiary alicyclic amines) is 1. The average molecular weight is 296 g/mol. The lowest BCUT2D eigenvalue weighted by Crippen LogP contribution is -2.38. The molecule has 1 aliphatic heterocycles. The maximum Gasteiger partial charge on any atom is 0.165 e. The Morgan fingerprint density at radius 1 is 1.38 bits per heavy atom. The number of piperidine rings is 1. The summed E-state index contributed by atoms with van der Waals surface area (Å²) in [4.78, 5) is 2.34. The molecule has 2 rings (SSSR count). The minimum atomic E-state index is -0.629. The Labute approximate surface area is 125 Å². The van der Waals surface area contributed by atoms with Gasteiger partial charge in [0.2, 0.25) is 0 Å². The normalized spacial score (nSPS) is 18.6. The number of hydrogen-bond acceptors (Lipinski definition) is 4. The van der Waals surface area contributed by atoms with Crippen molar-refractivity contribution in [1.82, 2.24) is 10.2 Å². The molecule has 0 saturated carbocycles. The number of aliphatic hydroxyl groups is 1. The molecule has 21 heavy (non-hydrogen) atoms. The van der Waals surface area contributed by atoms with Gasteiger partial charge in [-0.15, -0.1) is 0 Å². The molecule has 1 unspecified atom stereocenters. The van der Waals surface area contributed by atoms with Gasteiger partial charge in [0.25, 0.3) is 0 Å². The molecule has 118 valence electrons. The molecule has 0 spiro atoms. The van der Waals surface area contributed by atoms with Gasteiger partial charge in [0, 0.05) is 6.54 Å². The fourth-order valence-corrected chi connectivity index (χ4v) is 2.53. The number of nitrogens with one attached hydrogen (secondary N) is 1. The maximum absolute atomic E-state index is 13.3. The molecule has 1 aromatic carbocycles. The van der Waals surface area contributed by atoms with Crippen LogP contribution in [-0.4, -0.2) is 55.9 Å². The molecule has 1 saturated heterocycles. The van der Waals surface area contributed by atoms with E-state index in [4.69, 9.17) is 4.74 Å². The monoisotopic (exact) mass is 296 g/mol. The summed E-state index contributed by atoms with van der Waals surface area (Å²) < 4.78 is 18.6. The van der Waals surface area contributed by atoms with Gasteiger partial charge < -0.3 is 20.1 Å². The fourth-order valence-electron chi connectivity index (χ4n) is 2.53. The van der Waals surface area contributed by atoms with Gasteiger partial charge in [0.15, 0.2) is 11.6 Å². The standard InChI is InChI=1S/C16H25FN2O2/c1-19-8-6-13(7-9-19)10-18-11-14(20)12-21-16-5-3-2-4-15(16)17/h2-5,13-14,18,20H,6-12H2,1H3. The molecule has 1 aromatic rings. The zero-order valence-electron chi connectivity index (χ0n) is 12.6. The lowest BCUT2D eigenvalue weighted by atomic mass is 9.97. The third-order valence-electron chi connectivity index (χ3n) is 3.92. The number of halogens is 1. The molecular formula is C16H25FN2O2. The van der Waals surface area contributed by atoms with Crippen molar-refractivity contribution in [2.45, 2.75) is 18.9 Å². The molecule has 0 radical (unpaired) electrons. The van der Waals surface area contributed by atoms with Crippen LogP contribution < -0.4 is 10.1 Å². The Balaban J connectivity index is 1.59. The predicted octanol–water partition coefficient (Wildman–Crippen LogP) is 1.50. The van der Waals surface area contributed by atoms with Crippen molar-refractivity contribution in [3.05, 3.63) is 30.1 Å². The van der Waals surface area contributed by atoms with E-state index in [1.165, 1.54) is 18.9 Å². The molecule has 1 heterocycles. The van der Waals surface area contributed by atoms with Gasteiger partial charge in [-0.3, -0.25) is 0 Å². The molecule has 1 atom stereocenters. The van der Waals surface area contributed by atoms with E-state index in [0.29, 0.717) is 12.5 Å². The Hall–Kier alpha value is -1.17. The summed E-state index contributed by atoms with van der Waals surface area (Å²) in [6, 6.07) is 6.24. The van der Waals surface area contributed by atoms with Crippen molar-refractivity contribution >= 4 is 0 Å². The van der Waals surface area contributed by atoms with Crippen LogP contribution in [0.3, 0.4) is 0 Å². The molecule has 1 fully saturated rings. The number of ether oxygens (including phenoxy) is 1. The highest BCUT2D eigenvalue weighted by Gasteiger charge is 2.16. The fraction of sp³-hybridized carbons (Fsp3) is 0.625.